The van der Waals surface area contributed by atoms with Gasteiger partial charge in [-0.15, -0.1) is 0 Å². The predicted octanol–water partition coefficient (Wildman–Crippen LogP) is 2.68. The Morgan fingerprint density at radius 2 is 2.08 bits per heavy atom. The van der Waals surface area contributed by atoms with Gasteiger partial charge in [0.2, 0.25) is 0 Å². The fraction of sp³-hybridized carbons (Fsp3) is 0.250. The van der Waals surface area contributed by atoms with E-state index in [2.05, 4.69) is 15.0 Å². The number of ether oxygens (including phenoxy) is 1. The molecule has 25 heavy (non-hydrogen) atoms. The third kappa shape index (κ3) is 4.61. The Morgan fingerprint density at radius 1 is 1.32 bits per heavy atom. The second-order valence-corrected chi connectivity index (χ2v) is 7.11. The number of halogens is 1. The van der Waals surface area contributed by atoms with Crippen LogP contribution in [-0.2, 0) is 10.0 Å². The summed E-state index contributed by atoms with van der Waals surface area (Å²) in [5.74, 6) is -0.123. The lowest BCUT2D eigenvalue weighted by atomic mass is 10.2. The lowest BCUT2D eigenvalue weighted by molar-refractivity contribution is 0.0950. The van der Waals surface area contributed by atoms with Crippen LogP contribution in [0, 0.1) is 0 Å². The molecule has 2 N–H and O–H groups in total. The number of anilines is 1. The smallest absolute Gasteiger partial charge is 0.262 e. The Kier molecular flexibility index (Phi) is 6.22. The minimum Gasteiger partial charge on any atom is -0.496 e. The molecule has 0 spiro atoms. The first-order valence-corrected chi connectivity index (χ1v) is 9.34. The molecule has 0 bridgehead atoms. The van der Waals surface area contributed by atoms with Crippen LogP contribution in [0.3, 0.4) is 0 Å². The van der Waals surface area contributed by atoms with Gasteiger partial charge in [-0.05, 0) is 36.8 Å². The number of methoxy groups -OCH3 is 1. The van der Waals surface area contributed by atoms with E-state index in [1.165, 1.54) is 37.6 Å². The first-order chi connectivity index (χ1) is 11.9. The summed E-state index contributed by atoms with van der Waals surface area (Å²) in [6, 6.07) is 7.09. The Morgan fingerprint density at radius 3 is 2.72 bits per heavy atom. The van der Waals surface area contributed by atoms with Gasteiger partial charge in [0.15, 0.2) is 5.15 Å². The monoisotopic (exact) mass is 383 g/mol. The Labute approximate surface area is 151 Å². The zero-order valence-corrected chi connectivity index (χ0v) is 15.3. The molecule has 2 aromatic rings. The third-order valence-corrected chi connectivity index (χ3v) is 4.93. The van der Waals surface area contributed by atoms with Crippen molar-refractivity contribution in [3.63, 3.8) is 0 Å². The van der Waals surface area contributed by atoms with Crippen LogP contribution in [-0.4, -0.2) is 33.0 Å². The van der Waals surface area contributed by atoms with Gasteiger partial charge >= 0.3 is 0 Å². The van der Waals surface area contributed by atoms with Crippen LogP contribution in [0.1, 0.15) is 23.7 Å². The van der Waals surface area contributed by atoms with Crippen LogP contribution in [0.4, 0.5) is 5.69 Å². The molecule has 0 aliphatic rings. The number of nitrogens with one attached hydrogen (secondary N) is 2. The third-order valence-electron chi connectivity index (χ3n) is 3.26. The van der Waals surface area contributed by atoms with Crippen molar-refractivity contribution in [3.8, 4) is 5.75 Å². The van der Waals surface area contributed by atoms with Crippen LogP contribution >= 0.6 is 11.6 Å². The number of benzene rings is 1. The van der Waals surface area contributed by atoms with E-state index in [9.17, 15) is 13.2 Å². The lowest BCUT2D eigenvalue weighted by Gasteiger charge is -2.13. The predicted molar refractivity (Wildman–Crippen MR) is 95.7 cm³/mol. The molecule has 1 aromatic heterocycles. The number of hydrogen-bond donors (Lipinski definition) is 2. The van der Waals surface area contributed by atoms with E-state index >= 15 is 0 Å². The van der Waals surface area contributed by atoms with Gasteiger partial charge in [0.05, 0.1) is 23.3 Å². The molecule has 0 atom stereocenters. The average molecular weight is 384 g/mol. The maximum absolute atomic E-state index is 12.6. The molecule has 7 nitrogen and oxygen atoms in total. The topological polar surface area (TPSA) is 97.4 Å². The van der Waals surface area contributed by atoms with E-state index in [1.54, 1.807) is 6.07 Å². The molecule has 9 heteroatoms. The highest BCUT2D eigenvalue weighted by Crippen LogP contribution is 2.26. The van der Waals surface area contributed by atoms with Crippen molar-refractivity contribution in [1.82, 2.24) is 10.3 Å². The van der Waals surface area contributed by atoms with Crippen LogP contribution < -0.4 is 14.8 Å². The van der Waals surface area contributed by atoms with Crippen LogP contribution in [0.15, 0.2) is 41.4 Å². The van der Waals surface area contributed by atoms with Gasteiger partial charge in [-0.1, -0.05) is 18.5 Å². The second-order valence-electron chi connectivity index (χ2n) is 5.07. The molecule has 0 saturated heterocycles. The van der Waals surface area contributed by atoms with Gasteiger partial charge in [0.25, 0.3) is 15.9 Å². The van der Waals surface area contributed by atoms with Gasteiger partial charge in [-0.3, -0.25) is 9.52 Å². The maximum atomic E-state index is 12.6. The zero-order valence-electron chi connectivity index (χ0n) is 13.7. The van der Waals surface area contributed by atoms with Crippen molar-refractivity contribution in [2.24, 2.45) is 0 Å². The first-order valence-electron chi connectivity index (χ1n) is 7.48. The number of nitrogens with zero attached hydrogens (tertiary/aromatic N) is 1. The standard InChI is InChI=1S/C16H18ClN3O4S/c1-3-8-19-16(21)12-10-11(6-7-14(12)24-2)25(22,23)20-13-5-4-9-18-15(13)17/h4-7,9-10,20H,3,8H2,1-2H3,(H,19,21). The molecule has 0 fully saturated rings. The average Bonchev–Trinajstić information content (AvgIpc) is 2.60. The number of aromatic nitrogens is 1. The Balaban J connectivity index is 2.38. The van der Waals surface area contributed by atoms with Crippen molar-refractivity contribution in [3.05, 3.63) is 47.2 Å². The maximum Gasteiger partial charge on any atom is 0.262 e. The number of rotatable bonds is 7. The van der Waals surface area contributed by atoms with E-state index in [4.69, 9.17) is 16.3 Å². The summed E-state index contributed by atoms with van der Waals surface area (Å²) in [7, 11) is -2.54. The van der Waals surface area contributed by atoms with Gasteiger partial charge < -0.3 is 10.1 Å². The molecule has 2 rings (SSSR count). The lowest BCUT2D eigenvalue weighted by Crippen LogP contribution is -2.25. The number of hydrogen-bond acceptors (Lipinski definition) is 5. The highest BCUT2D eigenvalue weighted by molar-refractivity contribution is 7.92. The normalized spacial score (nSPS) is 11.0. The van der Waals surface area contributed by atoms with Gasteiger partial charge in [0, 0.05) is 12.7 Å². The molecule has 0 saturated carbocycles. The SMILES string of the molecule is CCCNC(=O)c1cc(S(=O)(=O)Nc2cccnc2Cl)ccc1OC. The molecule has 0 aliphatic heterocycles. The van der Waals surface area contributed by atoms with Crippen molar-refractivity contribution in [2.45, 2.75) is 18.2 Å². The number of amides is 1. The molecule has 134 valence electrons. The summed E-state index contributed by atoms with van der Waals surface area (Å²) in [4.78, 5) is 16.0. The largest absolute Gasteiger partial charge is 0.496 e. The van der Waals surface area contributed by atoms with Crippen LogP contribution in [0.25, 0.3) is 0 Å². The van der Waals surface area contributed by atoms with E-state index in [1.807, 2.05) is 6.92 Å². The fourth-order valence-corrected chi connectivity index (χ4v) is 3.35. The molecular formula is C16H18ClN3O4S. The molecule has 0 aliphatic carbocycles. The van der Waals surface area contributed by atoms with Crippen LogP contribution in [0.2, 0.25) is 5.15 Å². The number of carbonyl (C=O) groups is 1. The first kappa shape index (κ1) is 19.0. The van der Waals surface area contributed by atoms with Crippen molar-refractivity contribution in [1.29, 1.82) is 0 Å². The zero-order chi connectivity index (χ0) is 18.4. The summed E-state index contributed by atoms with van der Waals surface area (Å²) >= 11 is 5.88. The second kappa shape index (κ2) is 8.17. The molecule has 1 amide bonds. The van der Waals surface area contributed by atoms with Gasteiger partial charge in [-0.25, -0.2) is 13.4 Å². The quantitative estimate of drug-likeness (QED) is 0.716. The highest BCUT2D eigenvalue weighted by Gasteiger charge is 2.20. The summed E-state index contributed by atoms with van der Waals surface area (Å²) in [5, 5.41) is 2.72. The fourth-order valence-electron chi connectivity index (χ4n) is 2.03. The summed E-state index contributed by atoms with van der Waals surface area (Å²) in [5.41, 5.74) is 0.285. The summed E-state index contributed by atoms with van der Waals surface area (Å²) in [6.45, 7) is 2.39. The molecular weight excluding hydrogens is 366 g/mol. The number of carbonyl (C=O) groups excluding carboxylic acids is 1. The Hall–Kier alpha value is -2.32. The minimum absolute atomic E-state index is 0.0282. The van der Waals surface area contributed by atoms with Gasteiger partial charge in [0.1, 0.15) is 5.75 Å². The highest BCUT2D eigenvalue weighted by atomic mass is 35.5. The summed E-state index contributed by atoms with van der Waals surface area (Å²) < 4.78 is 32.6. The molecule has 1 aromatic carbocycles. The van der Waals surface area contributed by atoms with E-state index in [0.717, 1.165) is 6.42 Å². The Bertz CT molecular complexity index is 871. The summed E-state index contributed by atoms with van der Waals surface area (Å²) in [6.07, 6.45) is 2.21. The van der Waals surface area contributed by atoms with E-state index < -0.39 is 15.9 Å². The van der Waals surface area contributed by atoms with Gasteiger partial charge in [-0.2, -0.15) is 0 Å². The number of sulfonamides is 1. The van der Waals surface area contributed by atoms with Crippen molar-refractivity contribution in [2.75, 3.05) is 18.4 Å². The van der Waals surface area contributed by atoms with E-state index in [-0.39, 0.29) is 27.0 Å². The minimum atomic E-state index is -3.95. The number of pyridine rings is 1. The van der Waals surface area contributed by atoms with Crippen molar-refractivity contribution >= 4 is 33.2 Å². The van der Waals surface area contributed by atoms with E-state index in [0.29, 0.717) is 6.54 Å². The molecule has 0 radical (unpaired) electrons. The van der Waals surface area contributed by atoms with Crippen LogP contribution in [0.5, 0.6) is 5.75 Å². The van der Waals surface area contributed by atoms with Crippen molar-refractivity contribution < 1.29 is 17.9 Å². The molecule has 0 unspecified atom stereocenters. The molecule has 1 heterocycles.